The van der Waals surface area contributed by atoms with Gasteiger partial charge in [-0.2, -0.15) is 10.5 Å². The zero-order valence-electron chi connectivity index (χ0n) is 11.1. The Morgan fingerprint density at radius 2 is 2.10 bits per heavy atom. The molecule has 0 saturated carbocycles. The Hall–Kier alpha value is -2.37. The summed E-state index contributed by atoms with van der Waals surface area (Å²) in [6.07, 6.45) is 0.848. The number of amides is 1. The van der Waals surface area contributed by atoms with Crippen molar-refractivity contribution in [2.45, 2.75) is 19.4 Å². The van der Waals surface area contributed by atoms with Gasteiger partial charge in [0.1, 0.15) is 5.41 Å². The second kappa shape index (κ2) is 6.18. The van der Waals surface area contributed by atoms with E-state index in [4.69, 9.17) is 10.00 Å². The molecule has 1 aliphatic heterocycles. The maximum absolute atomic E-state index is 12.2. The molecule has 0 unspecified atom stereocenters. The molecule has 1 amide bonds. The van der Waals surface area contributed by atoms with Crippen LogP contribution in [0.2, 0.25) is 0 Å². The van der Waals surface area contributed by atoms with Gasteiger partial charge in [0.2, 0.25) is 5.91 Å². The molecule has 1 fully saturated rings. The molecule has 2 rings (SSSR count). The van der Waals surface area contributed by atoms with E-state index in [0.29, 0.717) is 38.2 Å². The average Bonchev–Trinajstić information content (AvgIpc) is 2.53. The fraction of sp³-hybridized carbons (Fsp3) is 0.400. The third kappa shape index (κ3) is 2.96. The number of carbonyl (C=O) groups is 1. The van der Waals surface area contributed by atoms with Crippen LogP contribution >= 0.6 is 0 Å². The number of nitrogens with zero attached hydrogens (tertiary/aromatic N) is 2. The number of benzene rings is 1. The zero-order chi connectivity index (χ0) is 14.4. The summed E-state index contributed by atoms with van der Waals surface area (Å²) in [4.78, 5) is 12.2. The largest absolute Gasteiger partial charge is 0.381 e. The number of nitriles is 2. The molecular weight excluding hydrogens is 254 g/mol. The van der Waals surface area contributed by atoms with Gasteiger partial charge in [0.25, 0.3) is 0 Å². The van der Waals surface area contributed by atoms with E-state index >= 15 is 0 Å². The van der Waals surface area contributed by atoms with Crippen LogP contribution in [-0.2, 0) is 16.1 Å². The summed E-state index contributed by atoms with van der Waals surface area (Å²) < 4.78 is 5.20. The van der Waals surface area contributed by atoms with Crippen LogP contribution in [0.15, 0.2) is 24.3 Å². The van der Waals surface area contributed by atoms with Gasteiger partial charge in [-0.15, -0.1) is 0 Å². The highest BCUT2D eigenvalue weighted by Crippen LogP contribution is 2.29. The summed E-state index contributed by atoms with van der Waals surface area (Å²) in [5.74, 6) is -0.259. The van der Waals surface area contributed by atoms with Gasteiger partial charge in [0.15, 0.2) is 0 Å². The Labute approximate surface area is 117 Å². The molecule has 1 aromatic carbocycles. The van der Waals surface area contributed by atoms with Gasteiger partial charge in [-0.3, -0.25) is 4.79 Å². The molecule has 0 spiro atoms. The number of hydrogen-bond donors (Lipinski definition) is 1. The van der Waals surface area contributed by atoms with Crippen LogP contribution in [0.3, 0.4) is 0 Å². The topological polar surface area (TPSA) is 85.9 Å². The van der Waals surface area contributed by atoms with Gasteiger partial charge >= 0.3 is 0 Å². The van der Waals surface area contributed by atoms with Crippen LogP contribution in [0.4, 0.5) is 0 Å². The van der Waals surface area contributed by atoms with Crippen LogP contribution in [0.1, 0.15) is 24.0 Å². The van der Waals surface area contributed by atoms with Crippen molar-refractivity contribution in [3.05, 3.63) is 35.4 Å². The maximum Gasteiger partial charge on any atom is 0.240 e. The normalized spacial score (nSPS) is 16.7. The molecule has 0 bridgehead atoms. The van der Waals surface area contributed by atoms with E-state index in [1.54, 1.807) is 18.2 Å². The minimum Gasteiger partial charge on any atom is -0.381 e. The van der Waals surface area contributed by atoms with Gasteiger partial charge in [-0.1, -0.05) is 12.1 Å². The van der Waals surface area contributed by atoms with Crippen LogP contribution in [0.5, 0.6) is 0 Å². The van der Waals surface area contributed by atoms with Gasteiger partial charge in [0.05, 0.1) is 17.7 Å². The van der Waals surface area contributed by atoms with Gasteiger partial charge in [0, 0.05) is 19.8 Å². The van der Waals surface area contributed by atoms with E-state index in [1.165, 1.54) is 0 Å². The molecule has 1 aromatic rings. The Balaban J connectivity index is 2.01. The first-order chi connectivity index (χ1) is 9.70. The molecule has 0 atom stereocenters. The van der Waals surface area contributed by atoms with E-state index in [0.717, 1.165) is 5.56 Å². The predicted octanol–water partition coefficient (Wildman–Crippen LogP) is 1.49. The lowest BCUT2D eigenvalue weighted by molar-refractivity contribution is -0.132. The number of ether oxygens (including phenoxy) is 1. The molecule has 1 heterocycles. The Bertz CT molecular complexity index is 578. The lowest BCUT2D eigenvalue weighted by Gasteiger charge is -2.29. The first kappa shape index (κ1) is 14.0. The van der Waals surface area contributed by atoms with E-state index in [9.17, 15) is 10.1 Å². The number of hydrogen-bond acceptors (Lipinski definition) is 4. The van der Waals surface area contributed by atoms with Crippen LogP contribution in [0, 0.1) is 28.1 Å². The van der Waals surface area contributed by atoms with Crippen molar-refractivity contribution in [2.24, 2.45) is 5.41 Å². The lowest BCUT2D eigenvalue weighted by atomic mass is 9.81. The monoisotopic (exact) mass is 269 g/mol. The average molecular weight is 269 g/mol. The molecule has 20 heavy (non-hydrogen) atoms. The smallest absolute Gasteiger partial charge is 0.240 e. The third-order valence-corrected chi connectivity index (χ3v) is 3.50. The van der Waals surface area contributed by atoms with Crippen molar-refractivity contribution in [3.8, 4) is 12.1 Å². The molecule has 1 aliphatic rings. The van der Waals surface area contributed by atoms with Crippen LogP contribution in [0.25, 0.3) is 0 Å². The standard InChI is InChI=1S/C15H15N3O2/c16-9-12-2-1-3-13(8-12)10-18-14(19)15(11-17)4-6-20-7-5-15/h1-3,8H,4-7,10H2,(H,18,19). The molecule has 5 nitrogen and oxygen atoms in total. The SMILES string of the molecule is N#Cc1cccc(CNC(=O)C2(C#N)CCOCC2)c1. The summed E-state index contributed by atoms with van der Waals surface area (Å²) in [7, 11) is 0. The summed E-state index contributed by atoms with van der Waals surface area (Å²) in [6.45, 7) is 1.19. The van der Waals surface area contributed by atoms with Crippen LogP contribution in [-0.4, -0.2) is 19.1 Å². The Kier molecular flexibility index (Phi) is 4.34. The molecule has 102 valence electrons. The number of nitrogens with one attached hydrogen (secondary N) is 1. The van der Waals surface area contributed by atoms with E-state index in [2.05, 4.69) is 17.5 Å². The zero-order valence-corrected chi connectivity index (χ0v) is 11.1. The van der Waals surface area contributed by atoms with Crippen molar-refractivity contribution in [3.63, 3.8) is 0 Å². The summed E-state index contributed by atoms with van der Waals surface area (Å²) in [5, 5.41) is 20.9. The third-order valence-electron chi connectivity index (χ3n) is 3.50. The van der Waals surface area contributed by atoms with E-state index in [-0.39, 0.29) is 5.91 Å². The maximum atomic E-state index is 12.2. The van der Waals surface area contributed by atoms with Gasteiger partial charge < -0.3 is 10.1 Å². The molecular formula is C15H15N3O2. The van der Waals surface area contributed by atoms with Crippen LogP contribution < -0.4 is 5.32 Å². The Morgan fingerprint density at radius 3 is 2.75 bits per heavy atom. The molecule has 5 heteroatoms. The second-order valence-electron chi connectivity index (χ2n) is 4.80. The highest BCUT2D eigenvalue weighted by atomic mass is 16.5. The highest BCUT2D eigenvalue weighted by molar-refractivity contribution is 5.85. The van der Waals surface area contributed by atoms with Crippen molar-refractivity contribution >= 4 is 5.91 Å². The number of carbonyl (C=O) groups excluding carboxylic acids is 1. The second-order valence-corrected chi connectivity index (χ2v) is 4.80. The van der Waals surface area contributed by atoms with Crippen molar-refractivity contribution in [1.82, 2.24) is 5.32 Å². The highest BCUT2D eigenvalue weighted by Gasteiger charge is 2.40. The summed E-state index contributed by atoms with van der Waals surface area (Å²) >= 11 is 0. The van der Waals surface area contributed by atoms with Gasteiger partial charge in [-0.25, -0.2) is 0 Å². The summed E-state index contributed by atoms with van der Waals surface area (Å²) in [5.41, 5.74) is 0.417. The fourth-order valence-electron chi connectivity index (χ4n) is 2.21. The lowest BCUT2D eigenvalue weighted by Crippen LogP contribution is -2.43. The molecule has 1 N–H and O–H groups in total. The van der Waals surface area contributed by atoms with Gasteiger partial charge in [-0.05, 0) is 30.5 Å². The minimum atomic E-state index is -0.981. The van der Waals surface area contributed by atoms with Crippen molar-refractivity contribution in [1.29, 1.82) is 10.5 Å². The first-order valence-corrected chi connectivity index (χ1v) is 6.46. The van der Waals surface area contributed by atoms with Crippen molar-refractivity contribution in [2.75, 3.05) is 13.2 Å². The first-order valence-electron chi connectivity index (χ1n) is 6.46. The quantitative estimate of drug-likeness (QED) is 0.900. The molecule has 0 aliphatic carbocycles. The van der Waals surface area contributed by atoms with E-state index < -0.39 is 5.41 Å². The molecule has 1 saturated heterocycles. The predicted molar refractivity (Wildman–Crippen MR) is 71.1 cm³/mol. The Morgan fingerprint density at radius 1 is 1.35 bits per heavy atom. The molecule has 0 aromatic heterocycles. The van der Waals surface area contributed by atoms with Crippen molar-refractivity contribution < 1.29 is 9.53 Å². The number of rotatable bonds is 3. The summed E-state index contributed by atoms with van der Waals surface area (Å²) in [6, 6.07) is 11.2. The van der Waals surface area contributed by atoms with E-state index in [1.807, 2.05) is 6.07 Å². The minimum absolute atomic E-state index is 0.259. The fourth-order valence-corrected chi connectivity index (χ4v) is 2.21. The molecule has 0 radical (unpaired) electrons.